The maximum atomic E-state index is 4.53. The second-order valence-electron chi connectivity index (χ2n) is 5.15. The van der Waals surface area contributed by atoms with Crippen molar-refractivity contribution >= 4 is 16.7 Å². The normalized spacial score (nSPS) is 10.7. The molecule has 118 valence electrons. The Kier molecular flexibility index (Phi) is 3.99. The Morgan fingerprint density at radius 3 is 2.58 bits per heavy atom. The van der Waals surface area contributed by atoms with Gasteiger partial charge in [0.2, 0.25) is 5.13 Å². The first-order valence-electron chi connectivity index (χ1n) is 7.45. The molecule has 2 aromatic heterocycles. The molecule has 0 fully saturated rings. The molecule has 0 bridgehead atoms. The van der Waals surface area contributed by atoms with Gasteiger partial charge in [0.1, 0.15) is 12.7 Å². The average molecular weight is 334 g/mol. The molecular formula is C17H14N6S. The van der Waals surface area contributed by atoms with E-state index in [4.69, 9.17) is 0 Å². The first-order chi connectivity index (χ1) is 11.9. The van der Waals surface area contributed by atoms with E-state index in [0.717, 1.165) is 27.8 Å². The summed E-state index contributed by atoms with van der Waals surface area (Å²) >= 11 is 1.37. The second kappa shape index (κ2) is 6.59. The first kappa shape index (κ1) is 14.5. The van der Waals surface area contributed by atoms with Gasteiger partial charge in [-0.15, -0.1) is 0 Å². The van der Waals surface area contributed by atoms with Gasteiger partial charge in [0.15, 0.2) is 5.82 Å². The molecule has 2 heterocycles. The van der Waals surface area contributed by atoms with Crippen molar-refractivity contribution in [2.75, 3.05) is 5.32 Å². The molecule has 24 heavy (non-hydrogen) atoms. The Labute approximate surface area is 143 Å². The highest BCUT2D eigenvalue weighted by Gasteiger charge is 2.06. The molecule has 0 saturated carbocycles. The molecule has 0 spiro atoms. The van der Waals surface area contributed by atoms with E-state index < -0.39 is 0 Å². The highest BCUT2D eigenvalue weighted by molar-refractivity contribution is 7.09. The van der Waals surface area contributed by atoms with Crippen LogP contribution in [0.1, 0.15) is 5.56 Å². The van der Waals surface area contributed by atoms with E-state index in [1.807, 2.05) is 42.5 Å². The van der Waals surface area contributed by atoms with Gasteiger partial charge >= 0.3 is 0 Å². The minimum Gasteiger partial charge on any atom is -0.356 e. The number of anilines is 1. The standard InChI is InChI=1S/C17H14N6S/c1-2-4-14(5-3-1)16-21-17(24-22-16)19-10-13-6-8-15(9-7-13)23-12-18-11-20-23/h1-9,11-12H,10H2,(H,19,21,22). The average Bonchev–Trinajstić information content (AvgIpc) is 3.33. The molecule has 1 N–H and O–H groups in total. The minimum absolute atomic E-state index is 0.695. The SMILES string of the molecule is c1ccc(-c2nsc(NCc3ccc(-n4cncn4)cc3)n2)cc1. The lowest BCUT2D eigenvalue weighted by Crippen LogP contribution is -2.00. The topological polar surface area (TPSA) is 68.5 Å². The fourth-order valence-corrected chi connectivity index (χ4v) is 2.87. The summed E-state index contributed by atoms with van der Waals surface area (Å²) in [7, 11) is 0. The zero-order valence-corrected chi connectivity index (χ0v) is 13.5. The van der Waals surface area contributed by atoms with E-state index in [0.29, 0.717) is 6.54 Å². The largest absolute Gasteiger partial charge is 0.356 e. The number of aromatic nitrogens is 5. The Bertz CT molecular complexity index is 900. The van der Waals surface area contributed by atoms with Gasteiger partial charge in [0.05, 0.1) is 5.69 Å². The Balaban J connectivity index is 1.41. The van der Waals surface area contributed by atoms with Gasteiger partial charge in [-0.3, -0.25) is 0 Å². The van der Waals surface area contributed by atoms with Crippen LogP contribution in [0.25, 0.3) is 17.1 Å². The minimum atomic E-state index is 0.695. The van der Waals surface area contributed by atoms with E-state index in [-0.39, 0.29) is 0 Å². The van der Waals surface area contributed by atoms with Crippen molar-refractivity contribution in [3.63, 3.8) is 0 Å². The van der Waals surface area contributed by atoms with Gasteiger partial charge < -0.3 is 5.32 Å². The van der Waals surface area contributed by atoms with Crippen LogP contribution < -0.4 is 5.32 Å². The molecule has 0 aliphatic heterocycles. The van der Waals surface area contributed by atoms with Crippen LogP contribution in [0.3, 0.4) is 0 Å². The first-order valence-corrected chi connectivity index (χ1v) is 8.23. The monoisotopic (exact) mass is 334 g/mol. The second-order valence-corrected chi connectivity index (χ2v) is 5.90. The van der Waals surface area contributed by atoms with Crippen LogP contribution in [0.2, 0.25) is 0 Å². The molecule has 0 saturated heterocycles. The zero-order valence-electron chi connectivity index (χ0n) is 12.7. The van der Waals surface area contributed by atoms with Crippen molar-refractivity contribution in [2.24, 2.45) is 0 Å². The number of nitrogens with one attached hydrogen (secondary N) is 1. The lowest BCUT2D eigenvalue weighted by Gasteiger charge is -2.04. The van der Waals surface area contributed by atoms with Gasteiger partial charge in [-0.05, 0) is 17.7 Å². The van der Waals surface area contributed by atoms with Crippen LogP contribution in [0.4, 0.5) is 5.13 Å². The number of hydrogen-bond donors (Lipinski definition) is 1. The Hall–Kier alpha value is -3.06. The van der Waals surface area contributed by atoms with E-state index in [2.05, 4.69) is 36.9 Å². The highest BCUT2D eigenvalue weighted by atomic mass is 32.1. The van der Waals surface area contributed by atoms with E-state index in [1.54, 1.807) is 11.0 Å². The van der Waals surface area contributed by atoms with Crippen molar-refractivity contribution < 1.29 is 0 Å². The molecule has 0 amide bonds. The van der Waals surface area contributed by atoms with E-state index in [1.165, 1.54) is 17.9 Å². The third kappa shape index (κ3) is 3.16. The fraction of sp³-hybridized carbons (Fsp3) is 0.0588. The van der Waals surface area contributed by atoms with Crippen molar-refractivity contribution in [3.8, 4) is 17.1 Å². The van der Waals surface area contributed by atoms with Crippen LogP contribution in [-0.4, -0.2) is 24.1 Å². The molecule has 7 heteroatoms. The summed E-state index contributed by atoms with van der Waals surface area (Å²) in [5.41, 5.74) is 3.17. The molecule has 0 atom stereocenters. The summed E-state index contributed by atoms with van der Waals surface area (Å²) in [4.78, 5) is 8.48. The quantitative estimate of drug-likeness (QED) is 0.606. The molecule has 2 aromatic carbocycles. The van der Waals surface area contributed by atoms with Crippen molar-refractivity contribution in [3.05, 3.63) is 72.8 Å². The number of hydrogen-bond acceptors (Lipinski definition) is 6. The Morgan fingerprint density at radius 2 is 1.83 bits per heavy atom. The summed E-state index contributed by atoms with van der Waals surface area (Å²) in [6.45, 7) is 0.695. The maximum Gasteiger partial charge on any atom is 0.203 e. The number of rotatable bonds is 5. The lowest BCUT2D eigenvalue weighted by molar-refractivity contribution is 0.877. The van der Waals surface area contributed by atoms with Gasteiger partial charge in [-0.2, -0.15) is 14.5 Å². The van der Waals surface area contributed by atoms with Gasteiger partial charge in [-0.1, -0.05) is 42.5 Å². The van der Waals surface area contributed by atoms with Gasteiger partial charge in [0, 0.05) is 23.6 Å². The van der Waals surface area contributed by atoms with E-state index in [9.17, 15) is 0 Å². The predicted molar refractivity (Wildman–Crippen MR) is 94.0 cm³/mol. The molecule has 6 nitrogen and oxygen atoms in total. The van der Waals surface area contributed by atoms with Crippen LogP contribution in [-0.2, 0) is 6.54 Å². The number of benzene rings is 2. The third-order valence-corrected chi connectivity index (χ3v) is 4.19. The zero-order chi connectivity index (χ0) is 16.2. The Morgan fingerprint density at radius 1 is 1.00 bits per heavy atom. The summed E-state index contributed by atoms with van der Waals surface area (Å²) in [5, 5.41) is 8.24. The van der Waals surface area contributed by atoms with Crippen molar-refractivity contribution in [2.45, 2.75) is 6.54 Å². The molecule has 0 radical (unpaired) electrons. The lowest BCUT2D eigenvalue weighted by atomic mass is 10.2. The predicted octanol–water partition coefficient (Wildman–Crippen LogP) is 3.40. The molecule has 0 unspecified atom stereocenters. The highest BCUT2D eigenvalue weighted by Crippen LogP contribution is 2.21. The van der Waals surface area contributed by atoms with Crippen molar-refractivity contribution in [1.29, 1.82) is 0 Å². The van der Waals surface area contributed by atoms with Crippen molar-refractivity contribution in [1.82, 2.24) is 24.1 Å². The molecular weight excluding hydrogens is 320 g/mol. The maximum absolute atomic E-state index is 4.53. The smallest absolute Gasteiger partial charge is 0.203 e. The van der Waals surface area contributed by atoms with Gasteiger partial charge in [0.25, 0.3) is 0 Å². The summed E-state index contributed by atoms with van der Waals surface area (Å²) < 4.78 is 6.13. The fourth-order valence-electron chi connectivity index (χ4n) is 2.29. The summed E-state index contributed by atoms with van der Waals surface area (Å²) in [6.07, 6.45) is 3.20. The summed E-state index contributed by atoms with van der Waals surface area (Å²) in [6, 6.07) is 18.1. The summed E-state index contributed by atoms with van der Waals surface area (Å²) in [5.74, 6) is 0.754. The van der Waals surface area contributed by atoms with Crippen LogP contribution in [0.5, 0.6) is 0 Å². The van der Waals surface area contributed by atoms with Crippen LogP contribution in [0.15, 0.2) is 67.3 Å². The third-order valence-electron chi connectivity index (χ3n) is 3.52. The van der Waals surface area contributed by atoms with Crippen LogP contribution >= 0.6 is 11.5 Å². The van der Waals surface area contributed by atoms with Crippen LogP contribution in [0, 0.1) is 0 Å². The molecule has 0 aliphatic carbocycles. The molecule has 4 rings (SSSR count). The number of nitrogens with zero attached hydrogens (tertiary/aromatic N) is 5. The van der Waals surface area contributed by atoms with Gasteiger partial charge in [-0.25, -0.2) is 9.67 Å². The molecule has 4 aromatic rings. The van der Waals surface area contributed by atoms with E-state index >= 15 is 0 Å². The molecule has 0 aliphatic rings.